The molecule has 0 bridgehead atoms. The smallest absolute Gasteiger partial charge is 0.279 e. The molecule has 2 aromatic rings. The molecule has 0 unspecified atom stereocenters. The molecule has 0 saturated carbocycles. The van der Waals surface area contributed by atoms with Gasteiger partial charge in [-0.1, -0.05) is 57.6 Å². The number of oxime groups is 1. The summed E-state index contributed by atoms with van der Waals surface area (Å²) in [5.41, 5.74) is 5.94. The summed E-state index contributed by atoms with van der Waals surface area (Å²) in [4.78, 5) is 16.6. The van der Waals surface area contributed by atoms with Crippen LogP contribution in [0.15, 0.2) is 41.6 Å². The molecular weight excluding hydrogens is 454 g/mol. The third-order valence-corrected chi connectivity index (χ3v) is 4.25. The standard InChI is InChI=1S/C16H12Cl4N4O2S/c17-10-2-1-9(13(20)5-10)7-21-26-8-15(25)23-24-16(27)22-14-6-11(18)3-4-12(14)19/h1-7H,8H2,(H,23,25)(H2,22,24,27)/b21-7+. The van der Waals surface area contributed by atoms with Gasteiger partial charge in [0.05, 0.1) is 21.9 Å². The van der Waals surface area contributed by atoms with E-state index in [0.29, 0.717) is 31.3 Å². The number of anilines is 1. The number of carbonyl (C=O) groups excluding carboxylic acids is 1. The van der Waals surface area contributed by atoms with Gasteiger partial charge in [-0.15, -0.1) is 0 Å². The fourth-order valence-electron chi connectivity index (χ4n) is 1.71. The van der Waals surface area contributed by atoms with Crippen LogP contribution in [0.2, 0.25) is 20.1 Å². The number of hydrogen-bond donors (Lipinski definition) is 3. The number of carbonyl (C=O) groups is 1. The fraction of sp³-hybridized carbons (Fsp3) is 0.0625. The second-order valence-corrected chi connectivity index (χ2v) is 7.02. The Balaban J connectivity index is 1.73. The molecule has 0 aliphatic rings. The Hall–Kier alpha value is -1.77. The highest BCUT2D eigenvalue weighted by Gasteiger charge is 2.06. The monoisotopic (exact) mass is 464 g/mol. The largest absolute Gasteiger partial charge is 0.386 e. The van der Waals surface area contributed by atoms with Crippen molar-refractivity contribution in [1.29, 1.82) is 0 Å². The molecule has 0 aliphatic heterocycles. The Morgan fingerprint density at radius 2 is 1.74 bits per heavy atom. The molecule has 0 fully saturated rings. The Morgan fingerprint density at radius 3 is 2.48 bits per heavy atom. The summed E-state index contributed by atoms with van der Waals surface area (Å²) in [6, 6.07) is 9.75. The molecule has 0 spiro atoms. The van der Waals surface area contributed by atoms with Crippen molar-refractivity contribution in [3.8, 4) is 0 Å². The van der Waals surface area contributed by atoms with Crippen LogP contribution in [0.4, 0.5) is 5.69 Å². The van der Waals surface area contributed by atoms with E-state index in [4.69, 9.17) is 63.5 Å². The van der Waals surface area contributed by atoms with Crippen LogP contribution in [0.25, 0.3) is 0 Å². The van der Waals surface area contributed by atoms with Crippen LogP contribution < -0.4 is 16.2 Å². The van der Waals surface area contributed by atoms with Crippen molar-refractivity contribution >= 4 is 81.5 Å². The normalized spacial score (nSPS) is 10.5. The molecule has 0 aliphatic carbocycles. The van der Waals surface area contributed by atoms with Gasteiger partial charge in [-0.3, -0.25) is 15.6 Å². The fourth-order valence-corrected chi connectivity index (χ4v) is 2.66. The maximum atomic E-state index is 11.7. The summed E-state index contributed by atoms with van der Waals surface area (Å²) in [6.45, 7) is -0.338. The number of amides is 1. The van der Waals surface area contributed by atoms with Gasteiger partial charge < -0.3 is 10.2 Å². The molecule has 2 aromatic carbocycles. The zero-order chi connectivity index (χ0) is 19.8. The zero-order valence-corrected chi connectivity index (χ0v) is 17.3. The molecule has 3 N–H and O–H groups in total. The molecule has 0 heterocycles. The second-order valence-electron chi connectivity index (χ2n) is 4.93. The van der Waals surface area contributed by atoms with E-state index in [0.717, 1.165) is 0 Å². The lowest BCUT2D eigenvalue weighted by molar-refractivity contribution is -0.126. The minimum Gasteiger partial charge on any atom is -0.386 e. The first-order chi connectivity index (χ1) is 12.8. The summed E-state index contributed by atoms with van der Waals surface area (Å²) in [5.74, 6) is -0.504. The van der Waals surface area contributed by atoms with Crippen molar-refractivity contribution in [3.63, 3.8) is 0 Å². The first-order valence-corrected chi connectivity index (χ1v) is 9.18. The van der Waals surface area contributed by atoms with Crippen LogP contribution in [-0.4, -0.2) is 23.8 Å². The molecule has 142 valence electrons. The predicted octanol–water partition coefficient (Wildman–Crippen LogP) is 4.67. The Kier molecular flexibility index (Phi) is 8.40. The Labute approximate surface area is 180 Å². The summed E-state index contributed by atoms with van der Waals surface area (Å²) in [6.07, 6.45) is 1.37. The number of thiocarbonyl (C=S) groups is 1. The summed E-state index contributed by atoms with van der Waals surface area (Å²) in [5, 5.41) is 8.41. The van der Waals surface area contributed by atoms with Crippen molar-refractivity contribution in [2.45, 2.75) is 0 Å². The average molecular weight is 466 g/mol. The maximum Gasteiger partial charge on any atom is 0.279 e. The van der Waals surface area contributed by atoms with Crippen LogP contribution in [0, 0.1) is 0 Å². The van der Waals surface area contributed by atoms with E-state index >= 15 is 0 Å². The van der Waals surface area contributed by atoms with E-state index in [9.17, 15) is 4.79 Å². The SMILES string of the molecule is O=C(CO/N=C/c1ccc(Cl)cc1Cl)NNC(=S)Nc1cc(Cl)ccc1Cl. The Morgan fingerprint density at radius 1 is 1.04 bits per heavy atom. The van der Waals surface area contributed by atoms with Crippen LogP contribution in [-0.2, 0) is 9.63 Å². The number of rotatable bonds is 5. The van der Waals surface area contributed by atoms with Crippen molar-refractivity contribution in [2.75, 3.05) is 11.9 Å². The van der Waals surface area contributed by atoms with Crippen LogP contribution in [0.3, 0.4) is 0 Å². The van der Waals surface area contributed by atoms with E-state index in [1.54, 1.807) is 36.4 Å². The van der Waals surface area contributed by atoms with E-state index in [2.05, 4.69) is 21.3 Å². The second kappa shape index (κ2) is 10.5. The van der Waals surface area contributed by atoms with Gasteiger partial charge in [-0.25, -0.2) is 0 Å². The molecule has 0 aromatic heterocycles. The highest BCUT2D eigenvalue weighted by atomic mass is 35.5. The predicted molar refractivity (Wildman–Crippen MR) is 114 cm³/mol. The van der Waals surface area contributed by atoms with Crippen LogP contribution in [0.5, 0.6) is 0 Å². The van der Waals surface area contributed by atoms with Gasteiger partial charge in [0.15, 0.2) is 11.7 Å². The van der Waals surface area contributed by atoms with Crippen molar-refractivity contribution in [3.05, 3.63) is 62.1 Å². The zero-order valence-electron chi connectivity index (χ0n) is 13.4. The maximum absolute atomic E-state index is 11.7. The quantitative estimate of drug-likeness (QED) is 0.340. The molecule has 6 nitrogen and oxygen atoms in total. The van der Waals surface area contributed by atoms with Gasteiger partial charge in [0.2, 0.25) is 0 Å². The lowest BCUT2D eigenvalue weighted by Gasteiger charge is -2.12. The minimum atomic E-state index is -0.504. The summed E-state index contributed by atoms with van der Waals surface area (Å²) >= 11 is 28.7. The average Bonchev–Trinajstić information content (AvgIpc) is 2.61. The lowest BCUT2D eigenvalue weighted by Crippen LogP contribution is -2.45. The van der Waals surface area contributed by atoms with Gasteiger partial charge in [0.1, 0.15) is 0 Å². The van der Waals surface area contributed by atoms with E-state index in [-0.39, 0.29) is 11.7 Å². The number of benzene rings is 2. The van der Waals surface area contributed by atoms with Crippen molar-refractivity contribution < 1.29 is 9.63 Å². The highest BCUT2D eigenvalue weighted by molar-refractivity contribution is 7.80. The van der Waals surface area contributed by atoms with Crippen LogP contribution >= 0.6 is 58.6 Å². The van der Waals surface area contributed by atoms with E-state index in [1.807, 2.05) is 0 Å². The summed E-state index contributed by atoms with van der Waals surface area (Å²) in [7, 11) is 0. The van der Waals surface area contributed by atoms with E-state index < -0.39 is 5.91 Å². The number of nitrogens with one attached hydrogen (secondary N) is 3. The Bertz CT molecular complexity index is 879. The molecule has 0 saturated heterocycles. The minimum absolute atomic E-state index is 0.115. The van der Waals surface area contributed by atoms with Gasteiger partial charge >= 0.3 is 0 Å². The van der Waals surface area contributed by atoms with E-state index in [1.165, 1.54) is 6.21 Å². The first kappa shape index (κ1) is 21.5. The van der Waals surface area contributed by atoms with Crippen molar-refractivity contribution in [2.24, 2.45) is 5.16 Å². The third kappa shape index (κ3) is 7.40. The molecule has 27 heavy (non-hydrogen) atoms. The topological polar surface area (TPSA) is 74.8 Å². The molecule has 11 heteroatoms. The highest BCUT2D eigenvalue weighted by Crippen LogP contribution is 2.25. The number of nitrogens with zero attached hydrogens (tertiary/aromatic N) is 1. The number of hydrazine groups is 1. The molecule has 2 rings (SSSR count). The van der Waals surface area contributed by atoms with Gasteiger partial charge in [-0.2, -0.15) is 0 Å². The molecule has 0 radical (unpaired) electrons. The number of hydrogen-bond acceptors (Lipinski definition) is 4. The molecular formula is C16H12Cl4N4O2S. The lowest BCUT2D eigenvalue weighted by atomic mass is 10.2. The third-order valence-electron chi connectivity index (χ3n) is 2.92. The number of halogens is 4. The van der Waals surface area contributed by atoms with Gasteiger partial charge in [-0.05, 0) is 42.5 Å². The summed E-state index contributed by atoms with van der Waals surface area (Å²) < 4.78 is 0. The first-order valence-electron chi connectivity index (χ1n) is 7.26. The van der Waals surface area contributed by atoms with Crippen molar-refractivity contribution in [1.82, 2.24) is 10.9 Å². The molecule has 0 atom stereocenters. The van der Waals surface area contributed by atoms with Gasteiger partial charge in [0.25, 0.3) is 5.91 Å². The van der Waals surface area contributed by atoms with Gasteiger partial charge in [0, 0.05) is 15.6 Å². The van der Waals surface area contributed by atoms with Crippen LogP contribution in [0.1, 0.15) is 5.56 Å². The molecule has 1 amide bonds.